The fourth-order valence-electron chi connectivity index (χ4n) is 2.08. The maximum absolute atomic E-state index is 11.6. The number of hydrogen-bond donors (Lipinski definition) is 2. The molecule has 0 heterocycles. The maximum Gasteiger partial charge on any atom is 0.310 e. The lowest BCUT2D eigenvalue weighted by Gasteiger charge is -2.12. The lowest BCUT2D eigenvalue weighted by molar-refractivity contribution is -0.139. The van der Waals surface area contributed by atoms with Crippen LogP contribution in [0.5, 0.6) is 5.75 Å². The van der Waals surface area contributed by atoms with Gasteiger partial charge >= 0.3 is 5.97 Å². The Labute approximate surface area is 139 Å². The van der Waals surface area contributed by atoms with Gasteiger partial charge in [0.1, 0.15) is 5.75 Å². The second-order valence-corrected chi connectivity index (χ2v) is 6.07. The van der Waals surface area contributed by atoms with E-state index in [9.17, 15) is 9.90 Å². The van der Waals surface area contributed by atoms with Gasteiger partial charge in [0, 0.05) is 15.5 Å². The number of esters is 1. The van der Waals surface area contributed by atoms with E-state index >= 15 is 0 Å². The first kappa shape index (κ1) is 17.2. The summed E-state index contributed by atoms with van der Waals surface area (Å²) < 4.78 is 4.75. The van der Waals surface area contributed by atoms with E-state index in [4.69, 9.17) is 9.57 Å². The molecule has 0 aromatic heterocycles. The number of benzene rings is 2. The minimum Gasteiger partial charge on any atom is -0.508 e. The van der Waals surface area contributed by atoms with Crippen molar-refractivity contribution in [3.8, 4) is 5.75 Å². The van der Waals surface area contributed by atoms with Gasteiger partial charge in [0.05, 0.1) is 20.6 Å². The number of phenols is 1. The summed E-state index contributed by atoms with van der Waals surface area (Å²) in [6, 6.07) is 11.1. The lowest BCUT2D eigenvalue weighted by atomic mass is 10.1. The second kappa shape index (κ2) is 7.89. The van der Waals surface area contributed by atoms with Crippen LogP contribution in [0.3, 0.4) is 0 Å². The molecule has 0 saturated carbocycles. The molecule has 2 N–H and O–H groups in total. The van der Waals surface area contributed by atoms with Gasteiger partial charge in [-0.2, -0.15) is 0 Å². The van der Waals surface area contributed by atoms with Crippen molar-refractivity contribution in [2.24, 2.45) is 0 Å². The van der Waals surface area contributed by atoms with E-state index in [-0.39, 0.29) is 18.1 Å². The third-order valence-electron chi connectivity index (χ3n) is 3.24. The average molecular weight is 333 g/mol. The van der Waals surface area contributed by atoms with Crippen molar-refractivity contribution >= 4 is 28.5 Å². The van der Waals surface area contributed by atoms with E-state index in [2.05, 4.69) is 5.48 Å². The number of nitrogens with one attached hydrogen (secondary N) is 1. The highest BCUT2D eigenvalue weighted by molar-refractivity contribution is 8.03. The van der Waals surface area contributed by atoms with Gasteiger partial charge in [-0.1, -0.05) is 23.9 Å². The fourth-order valence-corrected chi connectivity index (χ4v) is 3.07. The van der Waals surface area contributed by atoms with Crippen molar-refractivity contribution in [2.45, 2.75) is 18.2 Å². The van der Waals surface area contributed by atoms with Crippen molar-refractivity contribution in [1.29, 1.82) is 0 Å². The van der Waals surface area contributed by atoms with Gasteiger partial charge in [0.15, 0.2) is 0 Å². The van der Waals surface area contributed by atoms with Crippen LogP contribution in [0.2, 0.25) is 0 Å². The number of rotatable bonds is 6. The number of aromatic hydroxyl groups is 1. The molecule has 0 spiro atoms. The molecule has 2 rings (SSSR count). The van der Waals surface area contributed by atoms with Crippen molar-refractivity contribution < 1.29 is 19.5 Å². The van der Waals surface area contributed by atoms with Gasteiger partial charge in [-0.3, -0.25) is 15.1 Å². The monoisotopic (exact) mass is 333 g/mol. The van der Waals surface area contributed by atoms with Crippen LogP contribution in [0.4, 0.5) is 0 Å². The van der Waals surface area contributed by atoms with Gasteiger partial charge in [-0.05, 0) is 42.0 Å². The topological polar surface area (TPSA) is 67.8 Å². The Balaban J connectivity index is 2.29. The Morgan fingerprint density at radius 2 is 1.87 bits per heavy atom. The van der Waals surface area contributed by atoms with Crippen LogP contribution in [0.25, 0.3) is 10.8 Å². The Kier molecular flexibility index (Phi) is 5.90. The van der Waals surface area contributed by atoms with Crippen LogP contribution < -0.4 is 5.48 Å². The number of fused-ring (bicyclic) bond motifs is 1. The minimum absolute atomic E-state index is 0.164. The molecule has 0 aliphatic rings. The molecular formula is C17H19NO4S. The quantitative estimate of drug-likeness (QED) is 0.478. The molecule has 2 aromatic rings. The SMILES string of the molecule is CONC(C)=C(CC(=O)OC)Sc1ccc2cc(O)ccc2c1. The number of hydrogen-bond acceptors (Lipinski definition) is 6. The highest BCUT2D eigenvalue weighted by Gasteiger charge is 2.12. The number of allylic oxidation sites excluding steroid dienone is 1. The largest absolute Gasteiger partial charge is 0.508 e. The number of phenolic OH excluding ortho intramolecular Hbond substituents is 1. The first-order valence-corrected chi connectivity index (χ1v) is 7.81. The Hall–Kier alpha value is -2.18. The molecule has 0 fully saturated rings. The highest BCUT2D eigenvalue weighted by Crippen LogP contribution is 2.33. The van der Waals surface area contributed by atoms with Crippen molar-refractivity contribution in [2.75, 3.05) is 14.2 Å². The molecule has 122 valence electrons. The summed E-state index contributed by atoms with van der Waals surface area (Å²) in [7, 11) is 2.89. The van der Waals surface area contributed by atoms with Crippen LogP contribution in [0, 0.1) is 0 Å². The summed E-state index contributed by atoms with van der Waals surface area (Å²) in [4.78, 5) is 18.3. The van der Waals surface area contributed by atoms with Crippen LogP contribution in [-0.4, -0.2) is 25.3 Å². The summed E-state index contributed by atoms with van der Waals surface area (Å²) in [6.07, 6.45) is 0.164. The summed E-state index contributed by atoms with van der Waals surface area (Å²) in [5, 5.41) is 11.5. The summed E-state index contributed by atoms with van der Waals surface area (Å²) >= 11 is 1.47. The second-order valence-electron chi connectivity index (χ2n) is 4.90. The number of thioether (sulfide) groups is 1. The molecular weight excluding hydrogens is 314 g/mol. The molecule has 0 aliphatic carbocycles. The van der Waals surface area contributed by atoms with Gasteiger partial charge in [-0.25, -0.2) is 0 Å². The molecule has 5 nitrogen and oxygen atoms in total. The third-order valence-corrected chi connectivity index (χ3v) is 4.43. The van der Waals surface area contributed by atoms with Crippen molar-refractivity contribution in [3.63, 3.8) is 0 Å². The smallest absolute Gasteiger partial charge is 0.310 e. The Bertz CT molecular complexity index is 742. The molecule has 0 amide bonds. The van der Waals surface area contributed by atoms with Crippen LogP contribution in [-0.2, 0) is 14.4 Å². The molecule has 0 aliphatic heterocycles. The van der Waals surface area contributed by atoms with E-state index in [1.807, 2.05) is 31.2 Å². The van der Waals surface area contributed by atoms with Crippen molar-refractivity contribution in [1.82, 2.24) is 5.48 Å². The number of ether oxygens (including phenoxy) is 1. The zero-order valence-corrected chi connectivity index (χ0v) is 14.1. The van der Waals surface area contributed by atoms with Crippen molar-refractivity contribution in [3.05, 3.63) is 47.0 Å². The minimum atomic E-state index is -0.310. The van der Waals surface area contributed by atoms with Crippen LogP contribution in [0.1, 0.15) is 13.3 Å². The zero-order chi connectivity index (χ0) is 16.8. The maximum atomic E-state index is 11.6. The predicted octanol–water partition coefficient (Wildman–Crippen LogP) is 3.58. The fraction of sp³-hybridized carbons (Fsp3) is 0.235. The first-order chi connectivity index (χ1) is 11.0. The zero-order valence-electron chi connectivity index (χ0n) is 13.3. The standard InChI is InChI=1S/C17H19NO4S/c1-11(18-22-3)16(10-17(20)21-2)23-15-7-5-12-8-14(19)6-4-13(12)9-15/h4-9,18-19H,10H2,1-3H3. The molecule has 6 heteroatoms. The first-order valence-electron chi connectivity index (χ1n) is 6.99. The van der Waals surface area contributed by atoms with Gasteiger partial charge < -0.3 is 9.84 Å². The third kappa shape index (κ3) is 4.64. The van der Waals surface area contributed by atoms with Crippen LogP contribution >= 0.6 is 11.8 Å². The molecule has 0 unspecified atom stereocenters. The molecule has 0 radical (unpaired) electrons. The number of methoxy groups -OCH3 is 1. The normalized spacial score (nSPS) is 12.0. The van der Waals surface area contributed by atoms with E-state index in [1.54, 1.807) is 12.1 Å². The van der Waals surface area contributed by atoms with E-state index < -0.39 is 0 Å². The number of carbonyl (C=O) groups excluding carboxylic acids is 1. The number of hydroxylamine groups is 1. The molecule has 2 aromatic carbocycles. The molecule has 0 bridgehead atoms. The molecule has 0 saturated heterocycles. The Morgan fingerprint density at radius 3 is 2.57 bits per heavy atom. The van der Waals surface area contributed by atoms with E-state index in [0.717, 1.165) is 26.3 Å². The summed E-state index contributed by atoms with van der Waals surface area (Å²) in [5.74, 6) is -0.0696. The van der Waals surface area contributed by atoms with E-state index in [1.165, 1.54) is 26.0 Å². The average Bonchev–Trinajstić information content (AvgIpc) is 2.54. The number of carbonyl (C=O) groups is 1. The van der Waals surface area contributed by atoms with Gasteiger partial charge in [-0.15, -0.1) is 0 Å². The highest BCUT2D eigenvalue weighted by atomic mass is 32.2. The lowest BCUT2D eigenvalue weighted by Crippen LogP contribution is -2.12. The van der Waals surface area contributed by atoms with Gasteiger partial charge in [0.2, 0.25) is 0 Å². The van der Waals surface area contributed by atoms with Crippen LogP contribution in [0.15, 0.2) is 51.9 Å². The summed E-state index contributed by atoms with van der Waals surface area (Å²) in [6.45, 7) is 1.84. The molecule has 23 heavy (non-hydrogen) atoms. The Morgan fingerprint density at radius 1 is 1.17 bits per heavy atom. The summed E-state index contributed by atoms with van der Waals surface area (Å²) in [5.41, 5.74) is 3.52. The molecule has 0 atom stereocenters. The van der Waals surface area contributed by atoms with Gasteiger partial charge in [0.25, 0.3) is 0 Å². The van der Waals surface area contributed by atoms with E-state index in [0.29, 0.717) is 0 Å². The predicted molar refractivity (Wildman–Crippen MR) is 90.9 cm³/mol.